The molecule has 0 N–H and O–H groups in total. The number of carbonyl (C=O) groups is 1. The molecule has 2 heterocycles. The molecule has 5 nitrogen and oxygen atoms in total. The Balaban J connectivity index is 1.51. The number of hydrogen-bond acceptors (Lipinski definition) is 5. The number of amides is 1. The van der Waals surface area contributed by atoms with Crippen LogP contribution in [0.3, 0.4) is 0 Å². The Morgan fingerprint density at radius 1 is 1.23 bits per heavy atom. The highest BCUT2D eigenvalue weighted by Gasteiger charge is 2.18. The van der Waals surface area contributed by atoms with E-state index in [2.05, 4.69) is 4.98 Å². The number of imidazole rings is 1. The average molecular weight is 455 g/mol. The molecule has 152 valence electrons. The minimum Gasteiger partial charge on any atom is -0.295 e. The van der Waals surface area contributed by atoms with Crippen LogP contribution < -0.4 is 4.90 Å². The third-order valence-electron chi connectivity index (χ3n) is 4.37. The fraction of sp³-hybridized carbons (Fsp3) is 0.136. The first kappa shape index (κ1) is 20.7. The summed E-state index contributed by atoms with van der Waals surface area (Å²) >= 11 is 9.05. The van der Waals surface area contributed by atoms with E-state index >= 15 is 0 Å². The molecule has 2 aromatic carbocycles. The standard InChI is InChI=1S/C22H19ClN4OS2/c1-15-4-3-5-20(12-15)27(16(2)28)22-25-18(14-30-22)13-29-21-24-10-11-26(21)19-8-6-17(23)7-9-19/h3-12,14H,13H2,1-2H3. The lowest BCUT2D eigenvalue weighted by Gasteiger charge is -2.18. The Hall–Kier alpha value is -2.61. The van der Waals surface area contributed by atoms with Crippen LogP contribution in [0.2, 0.25) is 5.02 Å². The van der Waals surface area contributed by atoms with Gasteiger partial charge in [0, 0.05) is 41.2 Å². The van der Waals surface area contributed by atoms with E-state index in [4.69, 9.17) is 16.6 Å². The number of hydrogen-bond donors (Lipinski definition) is 0. The first-order valence-corrected chi connectivity index (χ1v) is 11.5. The van der Waals surface area contributed by atoms with Gasteiger partial charge in [-0.3, -0.25) is 14.3 Å². The normalized spacial score (nSPS) is 10.9. The zero-order valence-corrected chi connectivity index (χ0v) is 18.8. The maximum atomic E-state index is 12.3. The summed E-state index contributed by atoms with van der Waals surface area (Å²) in [5.41, 5.74) is 3.83. The van der Waals surface area contributed by atoms with Crippen molar-refractivity contribution in [1.29, 1.82) is 0 Å². The SMILES string of the molecule is CC(=O)N(c1cccc(C)c1)c1nc(CSc2nccn2-c2ccc(Cl)cc2)cs1. The number of carbonyl (C=O) groups excluding carboxylic acids is 1. The predicted molar refractivity (Wildman–Crippen MR) is 124 cm³/mol. The number of aryl methyl sites for hydroxylation is 1. The fourth-order valence-electron chi connectivity index (χ4n) is 2.99. The number of thioether (sulfide) groups is 1. The molecule has 0 spiro atoms. The second-order valence-corrected chi connectivity index (χ2v) is 8.88. The highest BCUT2D eigenvalue weighted by Crippen LogP contribution is 2.32. The summed E-state index contributed by atoms with van der Waals surface area (Å²) in [4.78, 5) is 23.1. The molecule has 0 atom stereocenters. The van der Waals surface area contributed by atoms with Crippen LogP contribution in [-0.2, 0) is 10.5 Å². The van der Waals surface area contributed by atoms with E-state index in [0.29, 0.717) is 15.9 Å². The van der Waals surface area contributed by atoms with E-state index in [0.717, 1.165) is 27.8 Å². The molecule has 4 aromatic rings. The molecular formula is C22H19ClN4OS2. The lowest BCUT2D eigenvalue weighted by atomic mass is 10.2. The highest BCUT2D eigenvalue weighted by atomic mass is 35.5. The number of nitrogens with zero attached hydrogens (tertiary/aromatic N) is 4. The van der Waals surface area contributed by atoms with Gasteiger partial charge < -0.3 is 0 Å². The zero-order chi connectivity index (χ0) is 21.1. The van der Waals surface area contributed by atoms with Crippen LogP contribution in [0.25, 0.3) is 5.69 Å². The zero-order valence-electron chi connectivity index (χ0n) is 16.4. The van der Waals surface area contributed by atoms with Gasteiger partial charge in [0.2, 0.25) is 5.91 Å². The predicted octanol–water partition coefficient (Wildman–Crippen LogP) is 6.27. The van der Waals surface area contributed by atoms with Crippen molar-refractivity contribution < 1.29 is 4.79 Å². The fourth-order valence-corrected chi connectivity index (χ4v) is 4.98. The summed E-state index contributed by atoms with van der Waals surface area (Å²) in [6.45, 7) is 3.57. The molecule has 30 heavy (non-hydrogen) atoms. The van der Waals surface area contributed by atoms with Crippen LogP contribution in [0.5, 0.6) is 0 Å². The molecule has 0 unspecified atom stereocenters. The van der Waals surface area contributed by atoms with Crippen LogP contribution in [0.15, 0.2) is 71.5 Å². The maximum Gasteiger partial charge on any atom is 0.230 e. The first-order valence-electron chi connectivity index (χ1n) is 9.25. The van der Waals surface area contributed by atoms with Gasteiger partial charge in [-0.1, -0.05) is 35.5 Å². The summed E-state index contributed by atoms with van der Waals surface area (Å²) in [7, 11) is 0. The molecule has 0 aliphatic carbocycles. The number of rotatable bonds is 6. The van der Waals surface area contributed by atoms with E-state index in [1.165, 1.54) is 11.3 Å². The van der Waals surface area contributed by atoms with E-state index in [9.17, 15) is 4.79 Å². The number of halogens is 1. The minimum atomic E-state index is -0.0626. The third-order valence-corrected chi connectivity index (χ3v) is 6.49. The Morgan fingerprint density at radius 2 is 2.03 bits per heavy atom. The molecule has 0 saturated carbocycles. The average Bonchev–Trinajstić information content (AvgIpc) is 3.36. The first-order chi connectivity index (χ1) is 14.5. The van der Waals surface area contributed by atoms with Crippen molar-refractivity contribution in [3.63, 3.8) is 0 Å². The van der Waals surface area contributed by atoms with E-state index in [-0.39, 0.29) is 5.91 Å². The van der Waals surface area contributed by atoms with Crippen molar-refractivity contribution in [1.82, 2.24) is 14.5 Å². The Kier molecular flexibility index (Phi) is 6.22. The van der Waals surface area contributed by atoms with Crippen molar-refractivity contribution in [2.24, 2.45) is 0 Å². The van der Waals surface area contributed by atoms with Crippen molar-refractivity contribution in [3.05, 3.63) is 82.6 Å². The highest BCUT2D eigenvalue weighted by molar-refractivity contribution is 7.98. The maximum absolute atomic E-state index is 12.3. The van der Waals surface area contributed by atoms with Gasteiger partial charge in [-0.25, -0.2) is 9.97 Å². The van der Waals surface area contributed by atoms with E-state index in [1.807, 2.05) is 71.6 Å². The smallest absolute Gasteiger partial charge is 0.230 e. The minimum absolute atomic E-state index is 0.0626. The molecule has 0 bridgehead atoms. The van der Waals surface area contributed by atoms with Gasteiger partial charge in [0.1, 0.15) is 0 Å². The van der Waals surface area contributed by atoms with Gasteiger partial charge in [-0.05, 0) is 48.9 Å². The van der Waals surface area contributed by atoms with Crippen molar-refractivity contribution in [3.8, 4) is 5.69 Å². The summed E-state index contributed by atoms with van der Waals surface area (Å²) in [6, 6.07) is 15.5. The van der Waals surface area contributed by atoms with Gasteiger partial charge in [0.25, 0.3) is 0 Å². The summed E-state index contributed by atoms with van der Waals surface area (Å²) in [5, 5.41) is 4.23. The monoisotopic (exact) mass is 454 g/mol. The van der Waals surface area contributed by atoms with Crippen molar-refractivity contribution in [2.45, 2.75) is 24.8 Å². The number of anilines is 2. The topological polar surface area (TPSA) is 51.0 Å². The summed E-state index contributed by atoms with van der Waals surface area (Å²) in [6.07, 6.45) is 3.70. The summed E-state index contributed by atoms with van der Waals surface area (Å²) in [5.74, 6) is 0.591. The molecule has 0 fully saturated rings. The molecule has 8 heteroatoms. The van der Waals surface area contributed by atoms with Crippen LogP contribution in [-0.4, -0.2) is 20.4 Å². The van der Waals surface area contributed by atoms with Gasteiger partial charge in [0.05, 0.1) is 11.4 Å². The van der Waals surface area contributed by atoms with Crippen LogP contribution in [0.1, 0.15) is 18.2 Å². The lowest BCUT2D eigenvalue weighted by Crippen LogP contribution is -2.22. The third kappa shape index (κ3) is 4.59. The molecular weight excluding hydrogens is 436 g/mol. The molecule has 4 rings (SSSR count). The van der Waals surface area contributed by atoms with Crippen molar-refractivity contribution in [2.75, 3.05) is 4.90 Å². The van der Waals surface area contributed by atoms with Gasteiger partial charge in [-0.15, -0.1) is 11.3 Å². The van der Waals surface area contributed by atoms with Crippen LogP contribution in [0, 0.1) is 6.92 Å². The molecule has 0 aliphatic rings. The van der Waals surface area contributed by atoms with Gasteiger partial charge in [-0.2, -0.15) is 0 Å². The quantitative estimate of drug-likeness (QED) is 0.322. The Morgan fingerprint density at radius 3 is 2.77 bits per heavy atom. The summed E-state index contributed by atoms with van der Waals surface area (Å²) < 4.78 is 2.02. The number of thiazole rings is 1. The van der Waals surface area contributed by atoms with E-state index in [1.54, 1.807) is 29.8 Å². The van der Waals surface area contributed by atoms with Gasteiger partial charge in [0.15, 0.2) is 10.3 Å². The second-order valence-electron chi connectivity index (χ2n) is 6.66. The van der Waals surface area contributed by atoms with Gasteiger partial charge >= 0.3 is 0 Å². The van der Waals surface area contributed by atoms with E-state index < -0.39 is 0 Å². The lowest BCUT2D eigenvalue weighted by molar-refractivity contribution is -0.115. The molecule has 0 saturated heterocycles. The van der Waals surface area contributed by atoms with Crippen LogP contribution >= 0.6 is 34.7 Å². The number of aromatic nitrogens is 3. The molecule has 1 amide bonds. The Bertz CT molecular complexity index is 1170. The number of benzene rings is 2. The second kappa shape index (κ2) is 9.04. The largest absolute Gasteiger partial charge is 0.295 e. The van der Waals surface area contributed by atoms with Crippen molar-refractivity contribution >= 4 is 51.4 Å². The Labute approximate surface area is 188 Å². The van der Waals surface area contributed by atoms with Crippen LogP contribution in [0.4, 0.5) is 10.8 Å². The molecule has 2 aromatic heterocycles. The molecule has 0 radical (unpaired) electrons. The molecule has 0 aliphatic heterocycles.